The maximum atomic E-state index is 12.9. The highest BCUT2D eigenvalue weighted by Gasteiger charge is 2.35. The molecular weight excluding hydrogens is 547 g/mol. The molecule has 3 aromatic rings. The summed E-state index contributed by atoms with van der Waals surface area (Å²) in [5, 5.41) is 13.5. The van der Waals surface area contributed by atoms with Gasteiger partial charge >= 0.3 is 0 Å². The number of anilines is 1. The number of aromatic nitrogens is 1. The van der Waals surface area contributed by atoms with Gasteiger partial charge in [-0.3, -0.25) is 14.5 Å². The molecule has 10 heteroatoms. The number of rotatable bonds is 5. The highest BCUT2D eigenvalue weighted by molar-refractivity contribution is 8.23. The maximum absolute atomic E-state index is 12.9. The van der Waals surface area contributed by atoms with Crippen LogP contribution in [0.15, 0.2) is 53.3 Å². The van der Waals surface area contributed by atoms with Crippen molar-refractivity contribution >= 4 is 50.5 Å². The Balaban J connectivity index is 1.05. The van der Waals surface area contributed by atoms with Crippen LogP contribution in [0.1, 0.15) is 39.6 Å². The Bertz CT molecular complexity index is 1510. The molecule has 5 heterocycles. The first-order chi connectivity index (χ1) is 19.0. The lowest BCUT2D eigenvalue weighted by Gasteiger charge is -2.43. The highest BCUT2D eigenvalue weighted by Crippen LogP contribution is 2.38. The number of carbonyl (C=O) groups excluding carboxylic acids is 1. The summed E-state index contributed by atoms with van der Waals surface area (Å²) in [7, 11) is 0. The number of piperidine rings is 1. The fourth-order valence-corrected chi connectivity index (χ4v) is 8.31. The minimum atomic E-state index is -0.146. The number of amides is 1. The largest absolute Gasteiger partial charge is 0.356 e. The lowest BCUT2D eigenvalue weighted by molar-refractivity contribution is -0.113. The van der Waals surface area contributed by atoms with E-state index in [2.05, 4.69) is 45.5 Å². The standard InChI is InChI=1S/C29H29N5O2S3/c30-12-23-22-9-10-32(13-19-5-2-1-3-6-19)17-25(22)39-28(23)31-26(35)18-38-29(37)33-14-20-11-21(16-33)24-7-4-8-27(36)34(24)15-20/h1-8,20-21H,9-11,13-18H2,(H,31,35)/t20-,21+/m0/s1. The molecule has 0 aliphatic carbocycles. The second-order valence-corrected chi connectivity index (χ2v) is 13.2. The van der Waals surface area contributed by atoms with Gasteiger partial charge < -0.3 is 14.8 Å². The van der Waals surface area contributed by atoms with E-state index in [0.717, 1.165) is 68.2 Å². The molecule has 2 atom stereocenters. The Labute approximate surface area is 241 Å². The summed E-state index contributed by atoms with van der Waals surface area (Å²) in [5.74, 6) is 0.707. The predicted octanol–water partition coefficient (Wildman–Crippen LogP) is 4.42. The molecule has 6 rings (SSSR count). The summed E-state index contributed by atoms with van der Waals surface area (Å²) in [6.07, 6.45) is 1.87. The third-order valence-electron chi connectivity index (χ3n) is 7.81. The number of hydrogen-bond acceptors (Lipinski definition) is 7. The van der Waals surface area contributed by atoms with Gasteiger partial charge in [-0.25, -0.2) is 0 Å². The van der Waals surface area contributed by atoms with Gasteiger partial charge in [-0.2, -0.15) is 5.26 Å². The van der Waals surface area contributed by atoms with E-state index >= 15 is 0 Å². The minimum Gasteiger partial charge on any atom is -0.356 e. The minimum absolute atomic E-state index is 0.0696. The normalized spacial score (nSPS) is 20.0. The molecule has 3 aliphatic heterocycles. The number of likely N-dealkylation sites (tertiary alicyclic amines) is 1. The van der Waals surface area contributed by atoms with E-state index in [4.69, 9.17) is 12.2 Å². The Kier molecular flexibility index (Phi) is 7.58. The van der Waals surface area contributed by atoms with Gasteiger partial charge in [0, 0.05) is 61.8 Å². The van der Waals surface area contributed by atoms with Gasteiger partial charge in [-0.15, -0.1) is 11.3 Å². The van der Waals surface area contributed by atoms with Crippen LogP contribution in [-0.2, 0) is 30.8 Å². The number of hydrogen-bond donors (Lipinski definition) is 1. The number of thioether (sulfide) groups is 1. The number of fused-ring (bicyclic) bond motifs is 5. The Morgan fingerprint density at radius 1 is 1.15 bits per heavy atom. The van der Waals surface area contributed by atoms with Gasteiger partial charge in [0.05, 0.1) is 11.3 Å². The lowest BCUT2D eigenvalue weighted by Crippen LogP contribution is -2.48. The zero-order valence-corrected chi connectivity index (χ0v) is 23.9. The van der Waals surface area contributed by atoms with Gasteiger partial charge in [0.25, 0.3) is 5.56 Å². The molecule has 0 spiro atoms. The second-order valence-electron chi connectivity index (χ2n) is 10.5. The summed E-state index contributed by atoms with van der Waals surface area (Å²) in [5.41, 5.74) is 4.11. The number of carbonyl (C=O) groups is 1. The molecule has 7 nitrogen and oxygen atoms in total. The van der Waals surface area contributed by atoms with Crippen molar-refractivity contribution in [2.75, 3.05) is 30.7 Å². The van der Waals surface area contributed by atoms with Crippen LogP contribution in [0.4, 0.5) is 5.00 Å². The Morgan fingerprint density at radius 3 is 2.82 bits per heavy atom. The van der Waals surface area contributed by atoms with Crippen molar-refractivity contribution in [1.29, 1.82) is 5.26 Å². The first kappa shape index (κ1) is 26.3. The third-order valence-corrected chi connectivity index (χ3v) is 10.5. The summed E-state index contributed by atoms with van der Waals surface area (Å²) in [6.45, 7) is 4.84. The molecule has 0 saturated carbocycles. The van der Waals surface area contributed by atoms with Crippen LogP contribution >= 0.6 is 35.3 Å². The molecule has 1 amide bonds. The van der Waals surface area contributed by atoms with Gasteiger partial charge in [0.1, 0.15) is 15.4 Å². The van der Waals surface area contributed by atoms with Crippen LogP contribution < -0.4 is 10.9 Å². The molecule has 39 heavy (non-hydrogen) atoms. The number of nitrogens with zero attached hydrogens (tertiary/aromatic N) is 4. The first-order valence-corrected chi connectivity index (χ1v) is 15.4. The Morgan fingerprint density at radius 2 is 2.00 bits per heavy atom. The SMILES string of the molecule is N#Cc1c(NC(=O)CSC(=S)N2C[C@@H]3C[C@H](C2)c2cccc(=O)n2C3)sc2c1CCN(Cc1ccccc1)C2. The molecular formula is C29H29N5O2S3. The van der Waals surface area contributed by atoms with Crippen LogP contribution in [-0.4, -0.2) is 50.0 Å². The van der Waals surface area contributed by atoms with Gasteiger partial charge in [-0.05, 0) is 36.0 Å². The molecule has 1 N–H and O–H groups in total. The van der Waals surface area contributed by atoms with E-state index in [1.54, 1.807) is 6.07 Å². The van der Waals surface area contributed by atoms with Crippen LogP contribution in [0, 0.1) is 17.2 Å². The third kappa shape index (κ3) is 5.54. The average Bonchev–Trinajstić information content (AvgIpc) is 3.28. The molecule has 200 valence electrons. The van der Waals surface area contributed by atoms with Crippen molar-refractivity contribution in [2.24, 2.45) is 5.92 Å². The van der Waals surface area contributed by atoms with Gasteiger partial charge in [0.15, 0.2) is 0 Å². The van der Waals surface area contributed by atoms with Gasteiger partial charge in [0.2, 0.25) is 5.91 Å². The molecule has 2 bridgehead atoms. The van der Waals surface area contributed by atoms with Crippen LogP contribution in [0.3, 0.4) is 0 Å². The Hall–Kier alpha value is -2.97. The zero-order chi connectivity index (χ0) is 26.9. The summed E-state index contributed by atoms with van der Waals surface area (Å²) < 4.78 is 2.63. The quantitative estimate of drug-likeness (QED) is 0.451. The molecule has 0 unspecified atom stereocenters. The first-order valence-electron chi connectivity index (χ1n) is 13.2. The predicted molar refractivity (Wildman–Crippen MR) is 160 cm³/mol. The topological polar surface area (TPSA) is 81.4 Å². The van der Waals surface area contributed by atoms with Crippen molar-refractivity contribution in [1.82, 2.24) is 14.4 Å². The fourth-order valence-electron chi connectivity index (χ4n) is 6.07. The fraction of sp³-hybridized carbons (Fsp3) is 0.379. The molecule has 1 saturated heterocycles. The van der Waals surface area contributed by atoms with E-state index in [-0.39, 0.29) is 23.1 Å². The van der Waals surface area contributed by atoms with Gasteiger partial charge in [-0.1, -0.05) is 60.4 Å². The van der Waals surface area contributed by atoms with Crippen molar-refractivity contribution in [3.63, 3.8) is 0 Å². The van der Waals surface area contributed by atoms with Crippen molar-refractivity contribution in [2.45, 2.75) is 38.4 Å². The highest BCUT2D eigenvalue weighted by atomic mass is 32.2. The average molecular weight is 576 g/mol. The smallest absolute Gasteiger partial charge is 0.250 e. The number of thiophene rings is 1. The summed E-state index contributed by atoms with van der Waals surface area (Å²) >= 11 is 8.62. The summed E-state index contributed by atoms with van der Waals surface area (Å²) in [4.78, 5) is 31.0. The van der Waals surface area contributed by atoms with E-state index in [9.17, 15) is 14.9 Å². The van der Waals surface area contributed by atoms with E-state index in [1.165, 1.54) is 28.7 Å². The number of nitriles is 1. The zero-order valence-electron chi connectivity index (χ0n) is 21.5. The molecule has 2 aromatic heterocycles. The second kappa shape index (κ2) is 11.3. The van der Waals surface area contributed by atoms with Crippen LogP contribution in [0.5, 0.6) is 0 Å². The van der Waals surface area contributed by atoms with Crippen molar-refractivity contribution in [3.8, 4) is 6.07 Å². The molecule has 0 radical (unpaired) electrons. The lowest BCUT2D eigenvalue weighted by atomic mass is 9.83. The molecule has 1 aromatic carbocycles. The van der Waals surface area contributed by atoms with Crippen LogP contribution in [0.2, 0.25) is 0 Å². The monoisotopic (exact) mass is 575 g/mol. The van der Waals surface area contributed by atoms with E-state index in [1.807, 2.05) is 22.8 Å². The van der Waals surface area contributed by atoms with Crippen molar-refractivity contribution < 1.29 is 4.79 Å². The van der Waals surface area contributed by atoms with E-state index < -0.39 is 0 Å². The number of nitrogens with one attached hydrogen (secondary N) is 1. The number of pyridine rings is 1. The maximum Gasteiger partial charge on any atom is 0.250 e. The molecule has 3 aliphatic rings. The number of benzene rings is 1. The summed E-state index contributed by atoms with van der Waals surface area (Å²) in [6, 6.07) is 18.2. The van der Waals surface area contributed by atoms with Crippen molar-refractivity contribution in [3.05, 3.63) is 86.1 Å². The van der Waals surface area contributed by atoms with Crippen LogP contribution in [0.25, 0.3) is 0 Å². The number of thiocarbonyl (C=S) groups is 1. The molecule has 1 fully saturated rings. The van der Waals surface area contributed by atoms with E-state index in [0.29, 0.717) is 20.8 Å².